The van der Waals surface area contributed by atoms with Crippen LogP contribution in [0, 0.1) is 0 Å². The SMILES string of the molecule is CN=C(NCc1ccc(C(F)(F)F)cc1)NCc1cnn(-c2ccccc2)c1.I. The summed E-state index contributed by atoms with van der Waals surface area (Å²) < 4.78 is 39.6. The van der Waals surface area contributed by atoms with Gasteiger partial charge < -0.3 is 10.6 Å². The second-order valence-electron chi connectivity index (χ2n) is 6.10. The van der Waals surface area contributed by atoms with E-state index in [0.717, 1.165) is 28.9 Å². The monoisotopic (exact) mass is 515 g/mol. The van der Waals surface area contributed by atoms with Crippen molar-refractivity contribution in [1.29, 1.82) is 0 Å². The fourth-order valence-electron chi connectivity index (χ4n) is 2.58. The fourth-order valence-corrected chi connectivity index (χ4v) is 2.58. The predicted molar refractivity (Wildman–Crippen MR) is 117 cm³/mol. The Hall–Kier alpha value is -2.56. The molecule has 29 heavy (non-hydrogen) atoms. The molecule has 0 aliphatic heterocycles. The second kappa shape index (κ2) is 10.3. The number of nitrogens with zero attached hydrogens (tertiary/aromatic N) is 3. The van der Waals surface area contributed by atoms with Crippen LogP contribution in [0.5, 0.6) is 0 Å². The summed E-state index contributed by atoms with van der Waals surface area (Å²) in [6.07, 6.45) is -0.637. The number of guanidine groups is 1. The summed E-state index contributed by atoms with van der Waals surface area (Å²) in [7, 11) is 1.63. The number of halogens is 4. The lowest BCUT2D eigenvalue weighted by Gasteiger charge is -2.12. The number of aromatic nitrogens is 2. The van der Waals surface area contributed by atoms with Crippen LogP contribution in [0.2, 0.25) is 0 Å². The van der Waals surface area contributed by atoms with Crippen LogP contribution in [-0.2, 0) is 19.3 Å². The van der Waals surface area contributed by atoms with Crippen molar-refractivity contribution in [1.82, 2.24) is 20.4 Å². The average Bonchev–Trinajstić information content (AvgIpc) is 3.17. The molecule has 0 saturated carbocycles. The molecule has 3 rings (SSSR count). The van der Waals surface area contributed by atoms with Crippen molar-refractivity contribution in [3.05, 3.63) is 83.7 Å². The molecule has 2 aromatic carbocycles. The first-order chi connectivity index (χ1) is 13.5. The minimum atomic E-state index is -4.33. The molecule has 3 aromatic rings. The lowest BCUT2D eigenvalue weighted by atomic mass is 10.1. The van der Waals surface area contributed by atoms with E-state index in [1.165, 1.54) is 12.1 Å². The van der Waals surface area contributed by atoms with Crippen molar-refractivity contribution >= 4 is 29.9 Å². The molecular weight excluding hydrogens is 494 g/mol. The van der Waals surface area contributed by atoms with Gasteiger partial charge in [0.05, 0.1) is 17.4 Å². The van der Waals surface area contributed by atoms with Gasteiger partial charge in [0.1, 0.15) is 0 Å². The summed E-state index contributed by atoms with van der Waals surface area (Å²) in [6, 6.07) is 14.8. The van der Waals surface area contributed by atoms with Crippen LogP contribution in [0.1, 0.15) is 16.7 Å². The number of rotatable bonds is 5. The molecule has 0 aliphatic rings. The molecule has 2 N–H and O–H groups in total. The Morgan fingerprint density at radius 2 is 1.59 bits per heavy atom. The Bertz CT molecular complexity index is 921. The summed E-state index contributed by atoms with van der Waals surface area (Å²) in [5, 5.41) is 10.6. The van der Waals surface area contributed by atoms with Crippen LogP contribution in [0.15, 0.2) is 72.0 Å². The molecular formula is C20H21F3IN5. The van der Waals surface area contributed by atoms with Gasteiger partial charge >= 0.3 is 6.18 Å². The Balaban J connectivity index is 0.00000300. The third kappa shape index (κ3) is 6.48. The molecule has 0 bridgehead atoms. The first-order valence-electron chi connectivity index (χ1n) is 8.65. The van der Waals surface area contributed by atoms with Crippen molar-refractivity contribution in [2.45, 2.75) is 19.3 Å². The molecule has 0 amide bonds. The lowest BCUT2D eigenvalue weighted by molar-refractivity contribution is -0.137. The van der Waals surface area contributed by atoms with E-state index in [0.29, 0.717) is 19.0 Å². The Labute approximate surface area is 184 Å². The Kier molecular flexibility index (Phi) is 8.06. The van der Waals surface area contributed by atoms with E-state index in [-0.39, 0.29) is 24.0 Å². The lowest BCUT2D eigenvalue weighted by Crippen LogP contribution is -2.36. The van der Waals surface area contributed by atoms with Crippen molar-refractivity contribution in [3.63, 3.8) is 0 Å². The molecule has 5 nitrogen and oxygen atoms in total. The first-order valence-corrected chi connectivity index (χ1v) is 8.65. The molecule has 1 aromatic heterocycles. The zero-order valence-corrected chi connectivity index (χ0v) is 18.0. The highest BCUT2D eigenvalue weighted by Crippen LogP contribution is 2.29. The second-order valence-corrected chi connectivity index (χ2v) is 6.10. The number of para-hydroxylation sites is 1. The van der Waals surface area contributed by atoms with Crippen molar-refractivity contribution in [3.8, 4) is 5.69 Å². The molecule has 0 spiro atoms. The van der Waals surface area contributed by atoms with Gasteiger partial charge in [-0.2, -0.15) is 18.3 Å². The van der Waals surface area contributed by atoms with E-state index in [2.05, 4.69) is 20.7 Å². The number of aliphatic imine (C=N–C) groups is 1. The van der Waals surface area contributed by atoms with Crippen LogP contribution >= 0.6 is 24.0 Å². The van der Waals surface area contributed by atoms with Crippen molar-refractivity contribution in [2.24, 2.45) is 4.99 Å². The van der Waals surface area contributed by atoms with Crippen LogP contribution in [0.25, 0.3) is 5.69 Å². The Morgan fingerprint density at radius 1 is 0.966 bits per heavy atom. The maximum atomic E-state index is 12.6. The normalized spacial score (nSPS) is 11.7. The fraction of sp³-hybridized carbons (Fsp3) is 0.200. The zero-order chi connectivity index (χ0) is 20.0. The van der Waals surface area contributed by atoms with Gasteiger partial charge in [-0.1, -0.05) is 30.3 Å². The summed E-state index contributed by atoms with van der Waals surface area (Å²) in [5.74, 6) is 0.548. The molecule has 1 heterocycles. The quantitative estimate of drug-likeness (QED) is 0.302. The average molecular weight is 515 g/mol. The van der Waals surface area contributed by atoms with Gasteiger partial charge in [0.25, 0.3) is 0 Å². The highest BCUT2D eigenvalue weighted by atomic mass is 127. The largest absolute Gasteiger partial charge is 0.416 e. The first kappa shape index (κ1) is 22.7. The standard InChI is InChI=1S/C20H20F3N5.HI/c1-24-19(25-11-15-7-9-17(10-8-15)20(21,22)23)26-12-16-13-27-28(14-16)18-5-3-2-4-6-18;/h2-10,13-14H,11-12H2,1H3,(H2,24,25,26);1H. The van der Waals surface area contributed by atoms with Gasteiger partial charge in [-0.25, -0.2) is 4.68 Å². The smallest absolute Gasteiger partial charge is 0.352 e. The number of nitrogens with one attached hydrogen (secondary N) is 2. The molecule has 0 aliphatic carbocycles. The molecule has 0 fully saturated rings. The number of hydrogen-bond acceptors (Lipinski definition) is 2. The summed E-state index contributed by atoms with van der Waals surface area (Å²) in [4.78, 5) is 4.13. The predicted octanol–water partition coefficient (Wildman–Crippen LogP) is 4.37. The van der Waals surface area contributed by atoms with Crippen LogP contribution in [-0.4, -0.2) is 22.8 Å². The van der Waals surface area contributed by atoms with E-state index in [1.54, 1.807) is 17.9 Å². The number of benzene rings is 2. The van der Waals surface area contributed by atoms with Crippen molar-refractivity contribution in [2.75, 3.05) is 7.05 Å². The van der Waals surface area contributed by atoms with Gasteiger partial charge in [-0.15, -0.1) is 24.0 Å². The van der Waals surface area contributed by atoms with E-state index in [4.69, 9.17) is 0 Å². The maximum Gasteiger partial charge on any atom is 0.416 e. The number of hydrogen-bond donors (Lipinski definition) is 2. The summed E-state index contributed by atoms with van der Waals surface area (Å²) in [6.45, 7) is 0.876. The van der Waals surface area contributed by atoms with Gasteiger partial charge in [0.15, 0.2) is 5.96 Å². The van der Waals surface area contributed by atoms with E-state index < -0.39 is 11.7 Å². The van der Waals surface area contributed by atoms with E-state index in [1.807, 2.05) is 36.5 Å². The zero-order valence-electron chi connectivity index (χ0n) is 15.6. The molecule has 154 valence electrons. The third-order valence-corrected chi connectivity index (χ3v) is 4.08. The van der Waals surface area contributed by atoms with Gasteiger partial charge in [0.2, 0.25) is 0 Å². The molecule has 0 unspecified atom stereocenters. The Morgan fingerprint density at radius 3 is 2.17 bits per heavy atom. The van der Waals surface area contributed by atoms with Gasteiger partial charge in [-0.05, 0) is 29.8 Å². The topological polar surface area (TPSA) is 54.2 Å². The van der Waals surface area contributed by atoms with Crippen LogP contribution in [0.4, 0.5) is 13.2 Å². The third-order valence-electron chi connectivity index (χ3n) is 4.08. The molecule has 0 radical (unpaired) electrons. The molecule has 9 heteroatoms. The van der Waals surface area contributed by atoms with Crippen LogP contribution in [0.3, 0.4) is 0 Å². The van der Waals surface area contributed by atoms with Gasteiger partial charge in [-0.3, -0.25) is 4.99 Å². The summed E-state index contributed by atoms with van der Waals surface area (Å²) >= 11 is 0. The van der Waals surface area contributed by atoms with E-state index >= 15 is 0 Å². The minimum absolute atomic E-state index is 0. The van der Waals surface area contributed by atoms with E-state index in [9.17, 15) is 13.2 Å². The number of alkyl halides is 3. The molecule has 0 saturated heterocycles. The maximum absolute atomic E-state index is 12.6. The highest BCUT2D eigenvalue weighted by Gasteiger charge is 2.29. The molecule has 0 atom stereocenters. The van der Waals surface area contributed by atoms with Crippen molar-refractivity contribution < 1.29 is 13.2 Å². The van der Waals surface area contributed by atoms with Crippen LogP contribution < -0.4 is 10.6 Å². The summed E-state index contributed by atoms with van der Waals surface area (Å²) in [5.41, 5.74) is 2.02. The van der Waals surface area contributed by atoms with Gasteiger partial charge in [0, 0.05) is 31.9 Å². The minimum Gasteiger partial charge on any atom is -0.352 e. The highest BCUT2D eigenvalue weighted by molar-refractivity contribution is 14.0.